The van der Waals surface area contributed by atoms with Crippen LogP contribution in [0, 0.1) is 17.0 Å². The van der Waals surface area contributed by atoms with Gasteiger partial charge >= 0.3 is 6.09 Å². The lowest BCUT2D eigenvalue weighted by Gasteiger charge is -2.35. The van der Waals surface area contributed by atoms with Crippen LogP contribution in [-0.2, 0) is 4.74 Å². The molecule has 0 aliphatic carbocycles. The van der Waals surface area contributed by atoms with E-state index in [2.05, 4.69) is 0 Å². The number of carbonyl (C=O) groups is 2. The molecule has 1 aromatic rings. The molecule has 8 heteroatoms. The smallest absolute Gasteiger partial charge is 0.410 e. The van der Waals surface area contributed by atoms with E-state index in [1.807, 2.05) is 0 Å². The number of nitrogens with zero attached hydrogens (tertiary/aromatic N) is 3. The van der Waals surface area contributed by atoms with Gasteiger partial charge in [0.05, 0.1) is 4.92 Å². The lowest BCUT2D eigenvalue weighted by atomic mass is 10.1. The molecule has 0 radical (unpaired) electrons. The van der Waals surface area contributed by atoms with Gasteiger partial charge in [-0.25, -0.2) is 4.79 Å². The number of rotatable bonds is 2. The molecule has 0 bridgehead atoms. The summed E-state index contributed by atoms with van der Waals surface area (Å²) in [5, 5.41) is 11.3. The van der Waals surface area contributed by atoms with Gasteiger partial charge in [-0.15, -0.1) is 0 Å². The average Bonchev–Trinajstić information content (AvgIpc) is 2.52. The summed E-state index contributed by atoms with van der Waals surface area (Å²) in [6.45, 7) is 8.27. The zero-order valence-corrected chi connectivity index (χ0v) is 14.9. The molecule has 1 saturated heterocycles. The molecule has 8 nitrogen and oxygen atoms in total. The van der Waals surface area contributed by atoms with E-state index in [-0.39, 0.29) is 17.2 Å². The Morgan fingerprint density at radius 1 is 1.12 bits per heavy atom. The highest BCUT2D eigenvalue weighted by Gasteiger charge is 2.31. The highest BCUT2D eigenvalue weighted by molar-refractivity contribution is 5.98. The van der Waals surface area contributed by atoms with Crippen molar-refractivity contribution in [2.45, 2.75) is 33.3 Å². The summed E-state index contributed by atoms with van der Waals surface area (Å²) in [5.74, 6) is -0.390. The second kappa shape index (κ2) is 7.08. The van der Waals surface area contributed by atoms with Crippen molar-refractivity contribution in [1.29, 1.82) is 0 Å². The molecule has 1 aliphatic rings. The molecule has 0 atom stereocenters. The van der Waals surface area contributed by atoms with E-state index < -0.39 is 16.6 Å². The highest BCUT2D eigenvalue weighted by atomic mass is 16.6. The predicted molar refractivity (Wildman–Crippen MR) is 91.5 cm³/mol. The summed E-state index contributed by atoms with van der Waals surface area (Å²) >= 11 is 0. The third-order valence-electron chi connectivity index (χ3n) is 3.87. The zero-order valence-electron chi connectivity index (χ0n) is 14.9. The molecule has 1 heterocycles. The van der Waals surface area contributed by atoms with Gasteiger partial charge in [0.25, 0.3) is 11.6 Å². The van der Waals surface area contributed by atoms with Gasteiger partial charge in [0, 0.05) is 31.7 Å². The lowest BCUT2D eigenvalue weighted by Crippen LogP contribution is -2.51. The third kappa shape index (κ3) is 4.46. The van der Waals surface area contributed by atoms with E-state index in [0.717, 1.165) is 0 Å². The van der Waals surface area contributed by atoms with Crippen molar-refractivity contribution < 1.29 is 19.2 Å². The summed E-state index contributed by atoms with van der Waals surface area (Å²) in [5.41, 5.74) is -0.215. The van der Waals surface area contributed by atoms with E-state index in [9.17, 15) is 19.7 Å². The Bertz CT molecular complexity index is 688. The second-order valence-electron chi connectivity index (χ2n) is 6.99. The first-order chi connectivity index (χ1) is 11.6. The fourth-order valence-corrected chi connectivity index (χ4v) is 2.66. The molecule has 1 aliphatic heterocycles. The Hall–Kier alpha value is -2.64. The molecule has 0 saturated carbocycles. The number of benzene rings is 1. The molecule has 0 unspecified atom stereocenters. The average molecular weight is 349 g/mol. The number of amides is 2. The van der Waals surface area contributed by atoms with Crippen LogP contribution in [0.3, 0.4) is 0 Å². The SMILES string of the molecule is Cc1cccc(C(=O)N2CCN(C(=O)OC(C)(C)C)CC2)c1[N+](=O)[O-]. The quantitative estimate of drug-likeness (QED) is 0.604. The first-order valence-corrected chi connectivity index (χ1v) is 8.11. The van der Waals surface area contributed by atoms with Crippen LogP contribution in [0.25, 0.3) is 0 Å². The van der Waals surface area contributed by atoms with Crippen LogP contribution in [-0.4, -0.2) is 58.5 Å². The Morgan fingerprint density at radius 2 is 1.68 bits per heavy atom. The summed E-state index contributed by atoms with van der Waals surface area (Å²) < 4.78 is 5.32. The van der Waals surface area contributed by atoms with E-state index in [4.69, 9.17) is 4.74 Å². The van der Waals surface area contributed by atoms with E-state index in [1.54, 1.807) is 44.7 Å². The lowest BCUT2D eigenvalue weighted by molar-refractivity contribution is -0.385. The van der Waals surface area contributed by atoms with E-state index >= 15 is 0 Å². The number of hydrogen-bond acceptors (Lipinski definition) is 5. The molecule has 0 spiro atoms. The van der Waals surface area contributed by atoms with Gasteiger partial charge < -0.3 is 14.5 Å². The van der Waals surface area contributed by atoms with Crippen LogP contribution in [0.15, 0.2) is 18.2 Å². The minimum Gasteiger partial charge on any atom is -0.444 e. The van der Waals surface area contributed by atoms with Gasteiger partial charge in [0.1, 0.15) is 11.2 Å². The summed E-state index contributed by atoms with van der Waals surface area (Å²) in [6, 6.07) is 4.70. The molecular formula is C17H23N3O5. The molecule has 1 fully saturated rings. The number of carbonyl (C=O) groups excluding carboxylic acids is 2. The summed E-state index contributed by atoms with van der Waals surface area (Å²) in [4.78, 5) is 38.5. The topological polar surface area (TPSA) is 93.0 Å². The van der Waals surface area contributed by atoms with Crippen molar-refractivity contribution in [3.8, 4) is 0 Å². The standard InChI is InChI=1S/C17H23N3O5/c1-12-6-5-7-13(14(12)20(23)24)15(21)18-8-10-19(11-9-18)16(22)25-17(2,3)4/h5-7H,8-11H2,1-4H3. The summed E-state index contributed by atoms with van der Waals surface area (Å²) in [7, 11) is 0. The van der Waals surface area contributed by atoms with Crippen molar-refractivity contribution in [1.82, 2.24) is 9.80 Å². The van der Waals surface area contributed by atoms with Crippen LogP contribution >= 0.6 is 0 Å². The maximum Gasteiger partial charge on any atom is 0.410 e. The maximum atomic E-state index is 12.7. The van der Waals surface area contributed by atoms with Gasteiger partial charge in [-0.3, -0.25) is 14.9 Å². The Balaban J connectivity index is 2.07. The molecular weight excluding hydrogens is 326 g/mol. The molecule has 0 aromatic heterocycles. The fourth-order valence-electron chi connectivity index (χ4n) is 2.66. The largest absolute Gasteiger partial charge is 0.444 e. The third-order valence-corrected chi connectivity index (χ3v) is 3.87. The van der Waals surface area contributed by atoms with Crippen molar-refractivity contribution in [3.63, 3.8) is 0 Å². The number of para-hydroxylation sites is 1. The number of ether oxygens (including phenoxy) is 1. The molecule has 25 heavy (non-hydrogen) atoms. The van der Waals surface area contributed by atoms with Crippen LogP contribution in [0.4, 0.5) is 10.5 Å². The van der Waals surface area contributed by atoms with Crippen LogP contribution in [0.5, 0.6) is 0 Å². The normalized spacial score (nSPS) is 15.0. The first kappa shape index (κ1) is 18.7. The molecule has 2 amide bonds. The first-order valence-electron chi connectivity index (χ1n) is 8.11. The van der Waals surface area contributed by atoms with Gasteiger partial charge in [-0.1, -0.05) is 12.1 Å². The molecule has 136 valence electrons. The van der Waals surface area contributed by atoms with Crippen molar-refractivity contribution in [2.24, 2.45) is 0 Å². The Morgan fingerprint density at radius 3 is 2.20 bits per heavy atom. The molecule has 2 rings (SSSR count). The number of nitro groups is 1. The minimum atomic E-state index is -0.577. The zero-order chi connectivity index (χ0) is 18.8. The minimum absolute atomic E-state index is 0.0794. The van der Waals surface area contributed by atoms with Crippen molar-refractivity contribution in [2.75, 3.05) is 26.2 Å². The Labute approximate surface area is 146 Å². The summed E-state index contributed by atoms with van der Waals surface area (Å²) in [6.07, 6.45) is -0.416. The van der Waals surface area contributed by atoms with Crippen LogP contribution in [0.1, 0.15) is 36.7 Å². The number of nitro benzene ring substituents is 1. The van der Waals surface area contributed by atoms with Gasteiger partial charge in [-0.05, 0) is 33.8 Å². The maximum absolute atomic E-state index is 12.7. The van der Waals surface area contributed by atoms with Gasteiger partial charge in [-0.2, -0.15) is 0 Å². The van der Waals surface area contributed by atoms with Gasteiger partial charge in [0.2, 0.25) is 0 Å². The van der Waals surface area contributed by atoms with E-state index in [0.29, 0.717) is 31.7 Å². The second-order valence-corrected chi connectivity index (χ2v) is 6.99. The predicted octanol–water partition coefficient (Wildman–Crippen LogP) is 2.60. The van der Waals surface area contributed by atoms with Crippen LogP contribution < -0.4 is 0 Å². The number of hydrogen-bond donors (Lipinski definition) is 0. The van der Waals surface area contributed by atoms with E-state index in [1.165, 1.54) is 11.0 Å². The molecule has 0 N–H and O–H groups in total. The van der Waals surface area contributed by atoms with Crippen molar-refractivity contribution >= 4 is 17.7 Å². The van der Waals surface area contributed by atoms with Crippen LogP contribution in [0.2, 0.25) is 0 Å². The van der Waals surface area contributed by atoms with Crippen molar-refractivity contribution in [3.05, 3.63) is 39.4 Å². The number of aryl methyl sites for hydroxylation is 1. The highest BCUT2D eigenvalue weighted by Crippen LogP contribution is 2.25. The number of piperazine rings is 1. The Kier molecular flexibility index (Phi) is 5.30. The fraction of sp³-hybridized carbons (Fsp3) is 0.529. The van der Waals surface area contributed by atoms with Gasteiger partial charge in [0.15, 0.2) is 0 Å². The molecule has 1 aromatic carbocycles. The monoisotopic (exact) mass is 349 g/mol.